The normalized spacial score (nSPS) is 16.4. The van der Waals surface area contributed by atoms with Crippen molar-refractivity contribution in [2.45, 2.75) is 52.1 Å². The quantitative estimate of drug-likeness (QED) is 0.125. The molecule has 2 heterocycles. The first-order valence-electron chi connectivity index (χ1n) is 13.8. The molecule has 1 saturated heterocycles. The number of nitrogens with zero attached hydrogens (tertiary/aromatic N) is 3. The number of imidazole rings is 1. The summed E-state index contributed by atoms with van der Waals surface area (Å²) in [6.45, 7) is 6.10. The zero-order valence-corrected chi connectivity index (χ0v) is 23.3. The molecule has 212 valence electrons. The van der Waals surface area contributed by atoms with Crippen molar-refractivity contribution in [3.8, 4) is 17.2 Å². The number of benzene rings is 2. The first kappa shape index (κ1) is 28.7. The summed E-state index contributed by atoms with van der Waals surface area (Å²) in [5, 5.41) is 11.5. The average molecular weight is 548 g/mol. The number of hydrogen-bond donors (Lipinski definition) is 1. The Labute approximate surface area is 235 Å². The van der Waals surface area contributed by atoms with E-state index in [0.29, 0.717) is 61.1 Å². The topological polar surface area (TPSA) is 103 Å². The molecule has 40 heavy (non-hydrogen) atoms. The van der Waals surface area contributed by atoms with Crippen LogP contribution in [-0.4, -0.2) is 58.1 Å². The Kier molecular flexibility index (Phi) is 9.83. The molecule has 1 aromatic heterocycles. The molecule has 4 rings (SSSR count). The fraction of sp³-hybridized carbons (Fsp3) is 0.387. The minimum Gasteiger partial charge on any atom is -0.507 e. The number of methoxy groups -OCH3 is 1. The molecule has 1 N–H and O–H groups in total. The van der Waals surface area contributed by atoms with Gasteiger partial charge < -0.3 is 28.8 Å². The molecule has 1 aliphatic heterocycles. The second-order valence-electron chi connectivity index (χ2n) is 9.64. The number of unbranched alkanes of at least 4 members (excludes halogenated alkanes) is 1. The van der Waals surface area contributed by atoms with Gasteiger partial charge in [-0.3, -0.25) is 9.59 Å². The van der Waals surface area contributed by atoms with Crippen LogP contribution in [0.3, 0.4) is 0 Å². The van der Waals surface area contributed by atoms with Gasteiger partial charge in [0.05, 0.1) is 38.3 Å². The van der Waals surface area contributed by atoms with E-state index < -0.39 is 17.7 Å². The zero-order chi connectivity index (χ0) is 28.5. The van der Waals surface area contributed by atoms with Crippen molar-refractivity contribution in [3.63, 3.8) is 0 Å². The lowest BCUT2D eigenvalue weighted by atomic mass is 9.95. The number of aliphatic hydroxyl groups is 1. The Bertz CT molecular complexity index is 1330. The van der Waals surface area contributed by atoms with Gasteiger partial charge in [-0.25, -0.2) is 4.98 Å². The number of rotatable bonds is 14. The van der Waals surface area contributed by atoms with Crippen molar-refractivity contribution in [1.82, 2.24) is 14.5 Å². The minimum absolute atomic E-state index is 0.0296. The molecule has 1 atom stereocenters. The Morgan fingerprint density at radius 1 is 0.975 bits per heavy atom. The van der Waals surface area contributed by atoms with Crippen molar-refractivity contribution >= 4 is 17.4 Å². The predicted molar refractivity (Wildman–Crippen MR) is 151 cm³/mol. The molecular weight excluding hydrogens is 510 g/mol. The lowest BCUT2D eigenvalue weighted by Crippen LogP contribution is -2.31. The number of carbonyl (C=O) groups is 2. The first-order valence-corrected chi connectivity index (χ1v) is 13.8. The first-order chi connectivity index (χ1) is 19.5. The molecule has 1 amide bonds. The lowest BCUT2D eigenvalue weighted by molar-refractivity contribution is -0.139. The van der Waals surface area contributed by atoms with Gasteiger partial charge in [-0.15, -0.1) is 0 Å². The fourth-order valence-corrected chi connectivity index (χ4v) is 4.71. The van der Waals surface area contributed by atoms with Crippen molar-refractivity contribution in [3.05, 3.63) is 77.9 Å². The Morgan fingerprint density at radius 2 is 1.82 bits per heavy atom. The minimum atomic E-state index is -0.804. The van der Waals surface area contributed by atoms with Crippen LogP contribution in [0.5, 0.6) is 17.2 Å². The van der Waals surface area contributed by atoms with Crippen molar-refractivity contribution < 1.29 is 28.9 Å². The number of ketones is 1. The molecule has 9 heteroatoms. The molecule has 0 bridgehead atoms. The van der Waals surface area contributed by atoms with E-state index in [4.69, 9.17) is 14.2 Å². The monoisotopic (exact) mass is 547 g/mol. The summed E-state index contributed by atoms with van der Waals surface area (Å²) < 4.78 is 19.1. The zero-order valence-electron chi connectivity index (χ0n) is 23.3. The summed E-state index contributed by atoms with van der Waals surface area (Å²) in [4.78, 5) is 32.4. The van der Waals surface area contributed by atoms with Gasteiger partial charge in [0.1, 0.15) is 11.5 Å². The number of ether oxygens (including phenoxy) is 3. The van der Waals surface area contributed by atoms with E-state index in [9.17, 15) is 14.7 Å². The summed E-state index contributed by atoms with van der Waals surface area (Å²) in [5.74, 6) is 0.0204. The van der Waals surface area contributed by atoms with Crippen LogP contribution < -0.4 is 14.2 Å². The third-order valence-electron chi connectivity index (χ3n) is 6.75. The summed E-state index contributed by atoms with van der Waals surface area (Å²) in [6.07, 6.45) is 8.58. The van der Waals surface area contributed by atoms with Gasteiger partial charge in [0.15, 0.2) is 11.5 Å². The number of likely N-dealkylation sites (tertiary alicyclic amines) is 1. The molecule has 1 unspecified atom stereocenters. The predicted octanol–water partition coefficient (Wildman–Crippen LogP) is 5.37. The summed E-state index contributed by atoms with van der Waals surface area (Å²) >= 11 is 0. The number of aryl methyl sites for hydroxylation is 1. The number of aromatic nitrogens is 2. The molecule has 0 radical (unpaired) electrons. The average Bonchev–Trinajstić information content (AvgIpc) is 3.58. The van der Waals surface area contributed by atoms with Crippen LogP contribution >= 0.6 is 0 Å². The van der Waals surface area contributed by atoms with Gasteiger partial charge in [0.2, 0.25) is 0 Å². The van der Waals surface area contributed by atoms with E-state index in [0.717, 1.165) is 19.3 Å². The van der Waals surface area contributed by atoms with E-state index in [-0.39, 0.29) is 11.3 Å². The van der Waals surface area contributed by atoms with E-state index in [2.05, 4.69) is 11.9 Å². The molecular formula is C31H37N3O6. The van der Waals surface area contributed by atoms with Crippen molar-refractivity contribution in [1.29, 1.82) is 0 Å². The van der Waals surface area contributed by atoms with Crippen LogP contribution in [0.15, 0.2) is 66.8 Å². The fourth-order valence-electron chi connectivity index (χ4n) is 4.71. The maximum absolute atomic E-state index is 13.4. The van der Waals surface area contributed by atoms with Gasteiger partial charge in [-0.05, 0) is 49.1 Å². The molecule has 2 aromatic carbocycles. The summed E-state index contributed by atoms with van der Waals surface area (Å²) in [6, 6.07) is 11.5. The number of amides is 1. The smallest absolute Gasteiger partial charge is 0.295 e. The van der Waals surface area contributed by atoms with Crippen LogP contribution in [0, 0.1) is 0 Å². The highest BCUT2D eigenvalue weighted by molar-refractivity contribution is 6.46. The largest absolute Gasteiger partial charge is 0.507 e. The van der Waals surface area contributed by atoms with Gasteiger partial charge in [0, 0.05) is 31.0 Å². The van der Waals surface area contributed by atoms with E-state index in [1.54, 1.807) is 56.0 Å². The number of aliphatic hydroxyl groups excluding tert-OH is 1. The van der Waals surface area contributed by atoms with Crippen LogP contribution in [0.25, 0.3) is 5.76 Å². The molecule has 3 aromatic rings. The van der Waals surface area contributed by atoms with Gasteiger partial charge in [0.25, 0.3) is 11.7 Å². The standard InChI is InChI=1S/C31H37N3O6/c1-4-6-18-40-25-12-11-22(20-26(25)38-3)28-27(29(35)23-9-7-10-24(19-23)39-17-5-2)30(36)31(37)34(28)15-8-14-33-16-13-32-21-33/h7,9-13,16,19-21,28,35H,4-6,8,14-15,17-18H2,1-3H3. The Hall–Kier alpha value is -4.27. The summed E-state index contributed by atoms with van der Waals surface area (Å²) in [7, 11) is 1.55. The maximum Gasteiger partial charge on any atom is 0.295 e. The molecule has 1 aliphatic rings. The van der Waals surface area contributed by atoms with E-state index >= 15 is 0 Å². The molecule has 0 aliphatic carbocycles. The SMILES string of the molecule is CCCCOc1ccc(C2C(=C(O)c3cccc(OCCC)c3)C(=O)C(=O)N2CCCn2ccnc2)cc1OC. The maximum atomic E-state index is 13.4. The van der Waals surface area contributed by atoms with E-state index in [1.165, 1.54) is 4.90 Å². The number of hydrogen-bond acceptors (Lipinski definition) is 7. The van der Waals surface area contributed by atoms with Crippen molar-refractivity contribution in [2.75, 3.05) is 26.9 Å². The van der Waals surface area contributed by atoms with Gasteiger partial charge in [-0.1, -0.05) is 38.5 Å². The van der Waals surface area contributed by atoms with Gasteiger partial charge >= 0.3 is 0 Å². The summed E-state index contributed by atoms with van der Waals surface area (Å²) in [5.41, 5.74) is 1.07. The lowest BCUT2D eigenvalue weighted by Gasteiger charge is -2.26. The third-order valence-corrected chi connectivity index (χ3v) is 6.75. The highest BCUT2D eigenvalue weighted by atomic mass is 16.5. The van der Waals surface area contributed by atoms with Crippen molar-refractivity contribution in [2.24, 2.45) is 0 Å². The van der Waals surface area contributed by atoms with Crippen LogP contribution in [0.1, 0.15) is 56.7 Å². The van der Waals surface area contributed by atoms with E-state index in [1.807, 2.05) is 23.8 Å². The second kappa shape index (κ2) is 13.7. The molecule has 1 fully saturated rings. The second-order valence-corrected chi connectivity index (χ2v) is 9.64. The number of carbonyl (C=O) groups excluding carboxylic acids is 2. The highest BCUT2D eigenvalue weighted by Gasteiger charge is 2.46. The molecule has 0 saturated carbocycles. The van der Waals surface area contributed by atoms with Crippen LogP contribution in [-0.2, 0) is 16.1 Å². The Morgan fingerprint density at radius 3 is 2.55 bits per heavy atom. The van der Waals surface area contributed by atoms with Crippen LogP contribution in [0.4, 0.5) is 0 Å². The van der Waals surface area contributed by atoms with Crippen LogP contribution in [0.2, 0.25) is 0 Å². The highest BCUT2D eigenvalue weighted by Crippen LogP contribution is 2.42. The number of Topliss-reactive ketones (excluding diaryl/α,β-unsaturated/α-hetero) is 1. The Balaban J connectivity index is 1.74. The molecule has 9 nitrogen and oxygen atoms in total. The van der Waals surface area contributed by atoms with Gasteiger partial charge in [-0.2, -0.15) is 0 Å². The third kappa shape index (κ3) is 6.47. The molecule has 0 spiro atoms.